The number of cyclic esters (lactones) is 1. The Kier molecular flexibility index (Phi) is 7.91. The summed E-state index contributed by atoms with van der Waals surface area (Å²) in [5.41, 5.74) is 3.01. The van der Waals surface area contributed by atoms with E-state index in [1.54, 1.807) is 4.90 Å². The van der Waals surface area contributed by atoms with E-state index >= 15 is 0 Å². The standard InChI is InChI=1S/C29H30FNO5/c30-16-25-26-28(35-19-23-14-8-3-9-15-23)27(34-18-22-12-6-2-7-13-22)24(31(26)29(32)36-25)20-33-17-21-10-4-1-5-11-21/h1-15,24-28H,16-20H2/t24-,25-,26-,27-,28-/m0/s1. The van der Waals surface area contributed by atoms with Crippen LogP contribution in [0.25, 0.3) is 0 Å². The van der Waals surface area contributed by atoms with E-state index < -0.39 is 43.2 Å². The summed E-state index contributed by atoms with van der Waals surface area (Å²) < 4.78 is 38.2. The normalized spacial score (nSPS) is 25.1. The Morgan fingerprint density at radius 1 is 0.722 bits per heavy atom. The quantitative estimate of drug-likeness (QED) is 0.381. The molecule has 0 aliphatic carbocycles. The van der Waals surface area contributed by atoms with E-state index in [4.69, 9.17) is 18.9 Å². The predicted octanol–water partition coefficient (Wildman–Crippen LogP) is 4.92. The number of ether oxygens (including phenoxy) is 4. The van der Waals surface area contributed by atoms with Crippen LogP contribution < -0.4 is 0 Å². The van der Waals surface area contributed by atoms with Crippen molar-refractivity contribution < 1.29 is 28.1 Å². The predicted molar refractivity (Wildman–Crippen MR) is 132 cm³/mol. The molecule has 0 N–H and O–H groups in total. The molecule has 0 saturated carbocycles. The van der Waals surface area contributed by atoms with Gasteiger partial charge in [-0.3, -0.25) is 4.90 Å². The zero-order chi connectivity index (χ0) is 24.7. The lowest BCUT2D eigenvalue weighted by molar-refractivity contribution is -0.0962. The first-order valence-electron chi connectivity index (χ1n) is 12.2. The number of carbonyl (C=O) groups excluding carboxylic acids is 1. The summed E-state index contributed by atoms with van der Waals surface area (Å²) in [6, 6.07) is 28.3. The lowest BCUT2D eigenvalue weighted by atomic mass is 10.0. The van der Waals surface area contributed by atoms with E-state index in [1.165, 1.54) is 0 Å². The molecule has 0 bridgehead atoms. The van der Waals surface area contributed by atoms with Crippen LogP contribution >= 0.6 is 0 Å². The summed E-state index contributed by atoms with van der Waals surface area (Å²) in [5, 5.41) is 0. The average Bonchev–Trinajstić information content (AvgIpc) is 3.42. The molecule has 6 nitrogen and oxygen atoms in total. The van der Waals surface area contributed by atoms with Crippen LogP contribution in [-0.2, 0) is 38.8 Å². The number of hydrogen-bond acceptors (Lipinski definition) is 5. The van der Waals surface area contributed by atoms with E-state index in [0.29, 0.717) is 19.8 Å². The second kappa shape index (κ2) is 11.6. The molecule has 3 aromatic rings. The molecule has 36 heavy (non-hydrogen) atoms. The molecule has 0 unspecified atom stereocenters. The van der Waals surface area contributed by atoms with Gasteiger partial charge in [0.2, 0.25) is 0 Å². The van der Waals surface area contributed by atoms with Crippen molar-refractivity contribution in [2.45, 2.75) is 50.2 Å². The minimum atomic E-state index is -0.916. The fourth-order valence-corrected chi connectivity index (χ4v) is 4.96. The van der Waals surface area contributed by atoms with Gasteiger partial charge < -0.3 is 18.9 Å². The van der Waals surface area contributed by atoms with Gasteiger partial charge in [-0.15, -0.1) is 0 Å². The van der Waals surface area contributed by atoms with Crippen molar-refractivity contribution in [2.24, 2.45) is 0 Å². The van der Waals surface area contributed by atoms with Gasteiger partial charge >= 0.3 is 6.09 Å². The SMILES string of the molecule is O=C1O[C@@H](CF)[C@H]2[C@H](OCc3ccccc3)[C@@H](OCc3ccccc3)[C@H](COCc3ccccc3)N12. The minimum absolute atomic E-state index is 0.212. The molecule has 2 aliphatic rings. The number of benzene rings is 3. The number of hydrogen-bond donors (Lipinski definition) is 0. The van der Waals surface area contributed by atoms with Gasteiger partial charge in [-0.25, -0.2) is 9.18 Å². The molecule has 0 spiro atoms. The minimum Gasteiger partial charge on any atom is -0.441 e. The molecule has 5 rings (SSSR count). The Balaban J connectivity index is 1.38. The number of nitrogens with zero attached hydrogens (tertiary/aromatic N) is 1. The van der Waals surface area contributed by atoms with E-state index in [0.717, 1.165) is 16.7 Å². The fraction of sp³-hybridized carbons (Fsp3) is 0.345. The van der Waals surface area contributed by atoms with Gasteiger partial charge in [0.05, 0.1) is 32.5 Å². The number of alkyl halides is 1. The molecular formula is C29H30FNO5. The van der Waals surface area contributed by atoms with Crippen molar-refractivity contribution in [3.63, 3.8) is 0 Å². The van der Waals surface area contributed by atoms with E-state index in [2.05, 4.69) is 0 Å². The Labute approximate surface area is 210 Å². The zero-order valence-electron chi connectivity index (χ0n) is 19.9. The molecule has 2 heterocycles. The maximum absolute atomic E-state index is 14.0. The summed E-state index contributed by atoms with van der Waals surface area (Å²) >= 11 is 0. The molecule has 7 heteroatoms. The van der Waals surface area contributed by atoms with Crippen molar-refractivity contribution >= 4 is 6.09 Å². The summed E-state index contributed by atoms with van der Waals surface area (Å²) in [4.78, 5) is 14.4. The number of carbonyl (C=O) groups is 1. The van der Waals surface area contributed by atoms with Crippen LogP contribution in [0.2, 0.25) is 0 Å². The van der Waals surface area contributed by atoms with Crippen molar-refractivity contribution in [3.05, 3.63) is 108 Å². The van der Waals surface area contributed by atoms with Gasteiger partial charge in [0.1, 0.15) is 24.9 Å². The molecule has 188 valence electrons. The first-order valence-corrected chi connectivity index (χ1v) is 12.2. The monoisotopic (exact) mass is 491 g/mol. The average molecular weight is 492 g/mol. The van der Waals surface area contributed by atoms with Gasteiger partial charge in [-0.1, -0.05) is 91.0 Å². The van der Waals surface area contributed by atoms with Gasteiger partial charge in [-0.2, -0.15) is 0 Å². The molecule has 2 saturated heterocycles. The molecule has 0 aromatic heterocycles. The first-order chi connectivity index (χ1) is 17.7. The van der Waals surface area contributed by atoms with E-state index in [1.807, 2.05) is 91.0 Å². The molecule has 1 amide bonds. The second-order valence-electron chi connectivity index (χ2n) is 9.06. The molecule has 2 aliphatic heterocycles. The highest BCUT2D eigenvalue weighted by molar-refractivity contribution is 5.72. The summed E-state index contributed by atoms with van der Waals surface area (Å²) in [5.74, 6) is 0. The Bertz CT molecular complexity index is 1100. The molecule has 2 fully saturated rings. The highest BCUT2D eigenvalue weighted by Gasteiger charge is 2.60. The van der Waals surface area contributed by atoms with Crippen molar-refractivity contribution in [3.8, 4) is 0 Å². The third-order valence-corrected chi connectivity index (χ3v) is 6.68. The summed E-state index contributed by atoms with van der Waals surface area (Å²) in [7, 11) is 0. The molecule has 5 atom stereocenters. The maximum Gasteiger partial charge on any atom is 0.411 e. The van der Waals surface area contributed by atoms with Crippen molar-refractivity contribution in [1.82, 2.24) is 4.90 Å². The molecule has 3 aromatic carbocycles. The van der Waals surface area contributed by atoms with Crippen LogP contribution in [0.3, 0.4) is 0 Å². The number of rotatable bonds is 11. The van der Waals surface area contributed by atoms with Gasteiger partial charge in [0.15, 0.2) is 6.10 Å². The molecular weight excluding hydrogens is 461 g/mol. The highest BCUT2D eigenvalue weighted by atomic mass is 19.1. The van der Waals surface area contributed by atoms with E-state index in [9.17, 15) is 9.18 Å². The Hall–Kier alpha value is -3.26. The third-order valence-electron chi connectivity index (χ3n) is 6.68. The molecule has 0 radical (unpaired) electrons. The van der Waals surface area contributed by atoms with Crippen LogP contribution in [0.4, 0.5) is 9.18 Å². The third kappa shape index (κ3) is 5.43. The van der Waals surface area contributed by atoms with Crippen molar-refractivity contribution in [1.29, 1.82) is 0 Å². The van der Waals surface area contributed by atoms with Gasteiger partial charge in [0.25, 0.3) is 0 Å². The van der Waals surface area contributed by atoms with Gasteiger partial charge in [0, 0.05) is 0 Å². The summed E-state index contributed by atoms with van der Waals surface area (Å²) in [6.07, 6.45) is -2.57. The topological polar surface area (TPSA) is 57.2 Å². The second-order valence-corrected chi connectivity index (χ2v) is 9.06. The summed E-state index contributed by atoms with van der Waals surface area (Å²) in [6.45, 7) is 0.456. The van der Waals surface area contributed by atoms with Gasteiger partial charge in [-0.05, 0) is 16.7 Å². The zero-order valence-corrected chi connectivity index (χ0v) is 19.9. The number of amides is 1. The van der Waals surface area contributed by atoms with Crippen LogP contribution in [0.1, 0.15) is 16.7 Å². The Morgan fingerprint density at radius 2 is 1.22 bits per heavy atom. The fourth-order valence-electron chi connectivity index (χ4n) is 4.96. The maximum atomic E-state index is 14.0. The highest BCUT2D eigenvalue weighted by Crippen LogP contribution is 2.39. The van der Waals surface area contributed by atoms with Crippen LogP contribution in [0.15, 0.2) is 91.0 Å². The number of halogens is 1. The van der Waals surface area contributed by atoms with Crippen LogP contribution in [0, 0.1) is 0 Å². The Morgan fingerprint density at radius 3 is 1.75 bits per heavy atom. The first kappa shape index (κ1) is 24.4. The lowest BCUT2D eigenvalue weighted by Gasteiger charge is -2.28. The van der Waals surface area contributed by atoms with Crippen LogP contribution in [-0.4, -0.2) is 54.7 Å². The van der Waals surface area contributed by atoms with Crippen molar-refractivity contribution in [2.75, 3.05) is 13.3 Å². The smallest absolute Gasteiger partial charge is 0.411 e. The van der Waals surface area contributed by atoms with E-state index in [-0.39, 0.29) is 6.61 Å². The number of fused-ring (bicyclic) bond motifs is 1. The lowest BCUT2D eigenvalue weighted by Crippen LogP contribution is -2.43. The van der Waals surface area contributed by atoms with Crippen LogP contribution in [0.5, 0.6) is 0 Å². The largest absolute Gasteiger partial charge is 0.441 e.